The second kappa shape index (κ2) is 35.4. The molecule has 734 valence electrons. The number of aromatic amines is 3. The quantitative estimate of drug-likeness (QED) is 0.0639. The van der Waals surface area contributed by atoms with Crippen LogP contribution in [0.5, 0.6) is 0 Å². The van der Waals surface area contributed by atoms with Crippen LogP contribution in [-0.2, 0) is 156 Å². The largest absolute Gasteiger partial charge is 0.397 e. The minimum absolute atomic E-state index is 0.00190. The lowest BCUT2D eigenvalue weighted by molar-refractivity contribution is -0.183. The van der Waals surface area contributed by atoms with Crippen LogP contribution in [0.3, 0.4) is 0 Å². The van der Waals surface area contributed by atoms with Gasteiger partial charge in [-0.2, -0.15) is 15.0 Å². The van der Waals surface area contributed by atoms with E-state index in [1.54, 1.807) is 21.3 Å². The smallest absolute Gasteiger partial charge is 0.386 e. The number of H-pyrrole nitrogens is 3. The predicted molar refractivity (Wildman–Crippen MR) is 481 cm³/mol. The molecular weight excluding hydrogens is 2070 g/mol. The maximum Gasteiger partial charge on any atom is 0.386 e. The van der Waals surface area contributed by atoms with E-state index < -0.39 is 243 Å². The third-order valence-corrected chi connectivity index (χ3v) is 33.0. The van der Waals surface area contributed by atoms with Crippen molar-refractivity contribution < 1.29 is 141 Å². The van der Waals surface area contributed by atoms with E-state index in [2.05, 4.69) is 87.0 Å². The van der Waals surface area contributed by atoms with Gasteiger partial charge in [-0.1, -0.05) is 12.2 Å². The van der Waals surface area contributed by atoms with Gasteiger partial charge in [0.15, 0.2) is 94.0 Å². The molecule has 59 nitrogen and oxygen atoms in total. The molecule has 0 amide bonds. The van der Waals surface area contributed by atoms with Gasteiger partial charge in [0.25, 0.3) is 16.7 Å². The molecule has 30 atom stereocenters. The number of alkyl halides is 1. The van der Waals surface area contributed by atoms with Crippen LogP contribution < -0.4 is 51.1 Å². The fraction of sp³-hybridized carbons (Fsp3) is 0.492. The van der Waals surface area contributed by atoms with Crippen LogP contribution in [0.15, 0.2) is 89.1 Å². The number of imidazole rings is 6. The Hall–Kier alpha value is -7.65. The molecule has 23 N–H and O–H groups in total. The molecule has 137 heavy (non-hydrogen) atoms. The van der Waals surface area contributed by atoms with E-state index in [1.165, 1.54) is 80.9 Å². The Morgan fingerprint density at radius 1 is 0.380 bits per heavy atom. The lowest BCUT2D eigenvalue weighted by atomic mass is 10.0. The number of aromatic nitrogens is 21. The number of fused-ring (bicyclic) bond motifs is 13. The molecule has 0 aromatic carbocycles. The standard InChI is InChI=1S/2C22H25N9O11P2S2.C21H24FN9O10P2S2/c2*23-8-1-2-25-16-10(8)26-6-30(16)20-14-15-22(40-20,4-36-14)5-38-44(35,46)41-13-12(32)9(3-37-43(34,45)42-15)39-19(13)31-7-27-11-17(31)28-21(24)29-18(11)33;22-10-14-9(39-19(10)30-5-26-11-7(23)1-2-25-16(11)30)4-37-43(35,45)41-15-13(32)8(3-36-42(34,44)40-14)38-20(15)31-6-27-12-17(31)28-21(24)29-18(12)33/h2*1-2,6-7,9,12-15,19-20,32H,3-5H2,(H2,23,25)(H,34,45)(H,35,46)(H3,24,28,29,33);1-2,5-6,8-10,13-15,19-20,32H,3-4H2,(H2,23,25)(H,34,44)(H,35,45)(H3,24,28,29,33)/t2*9-,12?,13+,14+,15?,19-,20-,22-,43?,44?;8-,9-,10+,13?,14?,15+,19-,20-,42?,43?/m111/s1. The van der Waals surface area contributed by atoms with Gasteiger partial charge in [0.2, 0.25) is 17.8 Å². The fourth-order valence-electron chi connectivity index (χ4n) is 17.5. The van der Waals surface area contributed by atoms with E-state index in [4.69, 9.17) is 186 Å². The molecular formula is C65H74FN27O32P6S6. The Bertz CT molecular complexity index is 7060. The third kappa shape index (κ3) is 17.5. The molecule has 72 heteroatoms. The zero-order chi connectivity index (χ0) is 96.2. The average molecular weight is 2140 g/mol. The minimum Gasteiger partial charge on any atom is -0.397 e. The summed E-state index contributed by atoms with van der Waals surface area (Å²) in [4.78, 5) is 150. The number of nitrogens with two attached hydrogens (primary N) is 6. The van der Waals surface area contributed by atoms with E-state index in [0.717, 1.165) is 0 Å². The van der Waals surface area contributed by atoms with Crippen molar-refractivity contribution in [1.29, 1.82) is 0 Å². The van der Waals surface area contributed by atoms with Gasteiger partial charge in [-0.05, 0) is 77.2 Å². The first-order valence-electron chi connectivity index (χ1n) is 40.2. The molecule has 11 aliphatic heterocycles. The van der Waals surface area contributed by atoms with Gasteiger partial charge < -0.3 is 135 Å². The van der Waals surface area contributed by atoms with Crippen molar-refractivity contribution in [3.63, 3.8) is 0 Å². The first-order valence-corrected chi connectivity index (χ1v) is 55.9. The number of ether oxygens (including phenoxy) is 8. The number of aliphatic hydroxyl groups is 3. The molecule has 11 saturated heterocycles. The van der Waals surface area contributed by atoms with Crippen molar-refractivity contribution in [2.75, 3.05) is 87.3 Å². The molecule has 0 saturated carbocycles. The molecule has 12 aromatic rings. The summed E-state index contributed by atoms with van der Waals surface area (Å²) in [6, 6.07) is 4.74. The number of pyridine rings is 3. The lowest BCUT2D eigenvalue weighted by Crippen LogP contribution is -2.45. The summed E-state index contributed by atoms with van der Waals surface area (Å²) in [6.45, 7) is -28.6. The van der Waals surface area contributed by atoms with Crippen LogP contribution in [0, 0.1) is 0 Å². The molecule has 23 rings (SSSR count). The average Bonchev–Trinajstić information content (AvgIpc) is 1.56. The molecule has 11 fully saturated rings. The van der Waals surface area contributed by atoms with Crippen LogP contribution >= 0.6 is 52.6 Å². The summed E-state index contributed by atoms with van der Waals surface area (Å²) in [7, 11) is 0. The number of aliphatic hydroxyl groups excluding tert-OH is 3. The highest BCUT2D eigenvalue weighted by atomic mass is 32.7. The van der Waals surface area contributed by atoms with Crippen molar-refractivity contribution in [1.82, 2.24) is 102 Å². The SMILES string of the molecule is Nc1nc2c(ncn2[C@@H]2O[C@@H]3COP(=O)(S)OC4[C@@H](COP(O)(=S)O[C@H]2C3O)O[C@@H](n2cnc3c(N)ccnc32)[C@H]4F)c(=O)[nH]1.Nc1nc2c(ncn2[C@@H]2O[C@@H]3COP(O)(=S)OC4[C@@H]5OC[C@]4(COP(O)(=S)O[C@H]2C3O)O[C@H]5n2cnc3c(N)ccnc32)c(=O)[nH]1.Nc1nc2c(ncn2[C@@H]2O[C@@H]3COP(O)(=S)OC4[C@@H]5OC[C@]4(COP(O)(=S)O[C@H]2C3O)O[C@H]5n2cnc3c(N)ccnc32)c(=O)[nH]1. The van der Waals surface area contributed by atoms with Crippen molar-refractivity contribution in [2.24, 2.45) is 0 Å². The number of nitrogens with one attached hydrogen (secondary N) is 3. The summed E-state index contributed by atoms with van der Waals surface area (Å²) < 4.78 is 155. The number of thiol groups is 1. The highest BCUT2D eigenvalue weighted by Gasteiger charge is 2.68. The Kier molecular flexibility index (Phi) is 24.7. The first kappa shape index (κ1) is 95.5. The molecule has 23 heterocycles. The van der Waals surface area contributed by atoms with Gasteiger partial charge in [0.1, 0.15) is 119 Å². The monoisotopic (exact) mass is 2140 g/mol. The van der Waals surface area contributed by atoms with Crippen LogP contribution in [0.1, 0.15) is 37.4 Å². The third-order valence-electron chi connectivity index (χ3n) is 23.7. The second-order valence-corrected chi connectivity index (χ2v) is 49.1. The van der Waals surface area contributed by atoms with Crippen LogP contribution in [0.25, 0.3) is 67.0 Å². The van der Waals surface area contributed by atoms with Crippen LogP contribution in [-0.4, -0.2) is 304 Å². The maximum atomic E-state index is 16.0. The molecule has 11 aliphatic rings. The molecule has 12 unspecified atom stereocenters. The molecule has 0 spiro atoms. The molecule has 0 radical (unpaired) electrons. The number of nitrogens with zero attached hydrogens (tertiary/aromatic N) is 18. The Balaban J connectivity index is 0.000000123. The molecule has 12 aromatic heterocycles. The zero-order valence-electron chi connectivity index (χ0n) is 68.7. The highest BCUT2D eigenvalue weighted by Crippen LogP contribution is 2.63. The van der Waals surface area contributed by atoms with Crippen LogP contribution in [0.2, 0.25) is 0 Å². The minimum atomic E-state index is -4.39. The fourth-order valence-corrected chi connectivity index (χ4v) is 26.1. The summed E-state index contributed by atoms with van der Waals surface area (Å²) >= 11 is 30.7. The summed E-state index contributed by atoms with van der Waals surface area (Å²) in [5.74, 6) is -0.626. The van der Waals surface area contributed by atoms with Gasteiger partial charge in [-0.15, -0.1) is 0 Å². The summed E-state index contributed by atoms with van der Waals surface area (Å²) in [5.41, 5.74) is 33.5. The Labute approximate surface area is 791 Å². The topological polar surface area (TPSA) is 802 Å². The number of anilines is 6. The molecule has 10 bridgehead atoms. The van der Waals surface area contributed by atoms with Crippen LogP contribution in [0.4, 0.5) is 39.3 Å². The summed E-state index contributed by atoms with van der Waals surface area (Å²) in [5, 5.41) is 33.6. The van der Waals surface area contributed by atoms with E-state index >= 15 is 4.39 Å². The number of hydrogen-bond acceptors (Lipinski definition) is 50. The van der Waals surface area contributed by atoms with Gasteiger partial charge in [-0.3, -0.25) is 88.4 Å². The number of hydrogen-bond donors (Lipinski definition) is 18. The Morgan fingerprint density at radius 2 is 0.679 bits per heavy atom. The predicted octanol–water partition coefficient (Wildman–Crippen LogP) is -1.90. The first-order chi connectivity index (χ1) is 65.0. The number of rotatable bonds is 6. The van der Waals surface area contributed by atoms with Gasteiger partial charge in [0.05, 0.1) is 108 Å². The van der Waals surface area contributed by atoms with Crippen molar-refractivity contribution in [3.8, 4) is 0 Å². The van der Waals surface area contributed by atoms with Crippen molar-refractivity contribution in [3.05, 3.63) is 106 Å². The maximum absolute atomic E-state index is 16.0. The van der Waals surface area contributed by atoms with E-state index in [9.17, 15) is 58.7 Å². The van der Waals surface area contributed by atoms with Crippen molar-refractivity contribution in [2.45, 2.75) is 146 Å². The lowest BCUT2D eigenvalue weighted by Gasteiger charge is -2.33. The van der Waals surface area contributed by atoms with E-state index in [0.29, 0.717) is 44.9 Å². The molecule has 0 aliphatic carbocycles. The van der Waals surface area contributed by atoms with Crippen molar-refractivity contribution >= 4 is 214 Å². The van der Waals surface area contributed by atoms with Gasteiger partial charge >= 0.3 is 40.4 Å². The van der Waals surface area contributed by atoms with Gasteiger partial charge in [-0.25, -0.2) is 53.8 Å². The Morgan fingerprint density at radius 3 is 1.04 bits per heavy atom. The number of halogens is 1. The van der Waals surface area contributed by atoms with E-state index in [-0.39, 0.29) is 70.2 Å². The summed E-state index contributed by atoms with van der Waals surface area (Å²) in [6.07, 6.45) is -16.2. The number of nitrogen functional groups attached to an aromatic ring is 6. The normalized spacial score (nSPS) is 39.0. The second-order valence-electron chi connectivity index (χ2n) is 32.2. The van der Waals surface area contributed by atoms with Gasteiger partial charge in [0, 0.05) is 18.6 Å². The highest BCUT2D eigenvalue weighted by molar-refractivity contribution is 8.44. The van der Waals surface area contributed by atoms with E-state index in [1.807, 2.05) is 0 Å². The zero-order valence-corrected chi connectivity index (χ0v) is 79.1.